The van der Waals surface area contributed by atoms with Gasteiger partial charge in [-0.3, -0.25) is 0 Å². The van der Waals surface area contributed by atoms with Crippen LogP contribution in [0.25, 0.3) is 0 Å². The number of carbonyl (C=O) groups is 2. The lowest BCUT2D eigenvalue weighted by Gasteiger charge is -1.90. The summed E-state index contributed by atoms with van der Waals surface area (Å²) < 4.78 is 8.92. The summed E-state index contributed by atoms with van der Waals surface area (Å²) in [6.07, 6.45) is 7.39. The third kappa shape index (κ3) is 3.97. The molecule has 4 nitrogen and oxygen atoms in total. The lowest BCUT2D eigenvalue weighted by molar-refractivity contribution is -0.135. The number of rotatable bonds is 4. The second kappa shape index (κ2) is 5.34. The predicted molar refractivity (Wildman–Crippen MR) is 53.9 cm³/mol. The van der Waals surface area contributed by atoms with Gasteiger partial charge < -0.3 is 9.47 Å². The van der Waals surface area contributed by atoms with Gasteiger partial charge in [0.25, 0.3) is 0 Å². The summed E-state index contributed by atoms with van der Waals surface area (Å²) in [5, 5.41) is 0. The van der Waals surface area contributed by atoms with E-state index in [1.54, 1.807) is 12.2 Å². The van der Waals surface area contributed by atoms with Crippen LogP contribution in [0.5, 0.6) is 0 Å². The summed E-state index contributed by atoms with van der Waals surface area (Å²) in [5.74, 6) is -0.0230. The second-order valence-electron chi connectivity index (χ2n) is 3.33. The van der Waals surface area contributed by atoms with Gasteiger partial charge in [-0.1, -0.05) is 12.2 Å². The van der Waals surface area contributed by atoms with Crippen molar-refractivity contribution in [3.8, 4) is 0 Å². The van der Waals surface area contributed by atoms with Crippen molar-refractivity contribution in [1.29, 1.82) is 0 Å². The molecule has 15 heavy (non-hydrogen) atoms. The smallest absolute Gasteiger partial charge is 0.330 e. The molecule has 0 aliphatic heterocycles. The molecule has 0 unspecified atom stereocenters. The Morgan fingerprint density at radius 3 is 1.73 bits per heavy atom. The molecule has 0 aromatic heterocycles. The van der Waals surface area contributed by atoms with E-state index in [9.17, 15) is 9.59 Å². The fraction of sp³-hybridized carbons (Fsp3) is 0.455. The molecule has 0 aromatic carbocycles. The van der Waals surface area contributed by atoms with E-state index in [4.69, 9.17) is 0 Å². The Balaban J connectivity index is 2.29. The Kier molecular flexibility index (Phi) is 4.09. The SMILES string of the molecule is COC(=O)/C=C/[C@@H]1C[C@H]1/C=C/C(=O)OC. The zero-order chi connectivity index (χ0) is 11.3. The van der Waals surface area contributed by atoms with Gasteiger partial charge in [0.2, 0.25) is 0 Å². The minimum atomic E-state index is -0.349. The average Bonchev–Trinajstić information content (AvgIpc) is 3.01. The lowest BCUT2D eigenvalue weighted by Crippen LogP contribution is -1.94. The molecule has 4 heteroatoms. The molecule has 0 spiro atoms. The highest BCUT2D eigenvalue weighted by molar-refractivity contribution is 5.82. The third-order valence-corrected chi connectivity index (χ3v) is 2.25. The monoisotopic (exact) mass is 210 g/mol. The normalized spacial score (nSPS) is 24.4. The highest BCUT2D eigenvalue weighted by Gasteiger charge is 2.32. The van der Waals surface area contributed by atoms with Crippen LogP contribution in [-0.4, -0.2) is 26.2 Å². The van der Waals surface area contributed by atoms with E-state index in [1.807, 2.05) is 0 Å². The zero-order valence-electron chi connectivity index (χ0n) is 8.80. The molecule has 0 heterocycles. The van der Waals surface area contributed by atoms with Crippen LogP contribution in [0.4, 0.5) is 0 Å². The first kappa shape index (κ1) is 11.5. The van der Waals surface area contributed by atoms with Gasteiger partial charge in [0.1, 0.15) is 0 Å². The van der Waals surface area contributed by atoms with Crippen LogP contribution in [0.2, 0.25) is 0 Å². The van der Waals surface area contributed by atoms with E-state index in [1.165, 1.54) is 26.4 Å². The van der Waals surface area contributed by atoms with Gasteiger partial charge in [-0.05, 0) is 18.3 Å². The molecular weight excluding hydrogens is 196 g/mol. The molecule has 0 amide bonds. The lowest BCUT2D eigenvalue weighted by atomic mass is 10.2. The molecule has 1 rings (SSSR count). The van der Waals surface area contributed by atoms with Crippen LogP contribution in [0, 0.1) is 11.8 Å². The van der Waals surface area contributed by atoms with Crippen molar-refractivity contribution in [3.05, 3.63) is 24.3 Å². The molecule has 0 radical (unpaired) electrons. The van der Waals surface area contributed by atoms with Crippen molar-refractivity contribution in [3.63, 3.8) is 0 Å². The van der Waals surface area contributed by atoms with Gasteiger partial charge in [0.15, 0.2) is 0 Å². The minimum absolute atomic E-state index is 0.338. The van der Waals surface area contributed by atoms with Gasteiger partial charge in [0.05, 0.1) is 14.2 Å². The molecule has 0 bridgehead atoms. The Bertz CT molecular complexity index is 274. The molecular formula is C11H14O4. The van der Waals surface area contributed by atoms with E-state index < -0.39 is 0 Å². The number of esters is 2. The van der Waals surface area contributed by atoms with Crippen molar-refractivity contribution in [2.45, 2.75) is 6.42 Å². The second-order valence-corrected chi connectivity index (χ2v) is 3.33. The fourth-order valence-corrected chi connectivity index (χ4v) is 1.22. The summed E-state index contributed by atoms with van der Waals surface area (Å²) in [6, 6.07) is 0. The van der Waals surface area contributed by atoms with Gasteiger partial charge in [0, 0.05) is 12.2 Å². The average molecular weight is 210 g/mol. The standard InChI is InChI=1S/C11H14O4/c1-14-10(12)5-3-8-7-9(8)4-6-11(13)15-2/h3-6,8-9H,7H2,1-2H3/b5-3+,6-4+/t8-,9-/m1/s1. The molecule has 1 aliphatic carbocycles. The number of carbonyl (C=O) groups excluding carboxylic acids is 2. The van der Waals surface area contributed by atoms with Gasteiger partial charge >= 0.3 is 11.9 Å². The van der Waals surface area contributed by atoms with E-state index in [-0.39, 0.29) is 11.9 Å². The maximum atomic E-state index is 10.8. The molecule has 0 N–H and O–H groups in total. The van der Waals surface area contributed by atoms with E-state index in [0.29, 0.717) is 11.8 Å². The number of methoxy groups -OCH3 is 2. The summed E-state index contributed by atoms with van der Waals surface area (Å²) in [7, 11) is 2.68. The van der Waals surface area contributed by atoms with Crippen LogP contribution in [0.1, 0.15) is 6.42 Å². The maximum absolute atomic E-state index is 10.8. The van der Waals surface area contributed by atoms with Crippen LogP contribution >= 0.6 is 0 Å². The summed E-state index contributed by atoms with van der Waals surface area (Å²) in [5.41, 5.74) is 0. The summed E-state index contributed by atoms with van der Waals surface area (Å²) >= 11 is 0. The first-order chi connectivity index (χ1) is 7.17. The molecule has 1 aliphatic rings. The first-order valence-electron chi connectivity index (χ1n) is 4.69. The fourth-order valence-electron chi connectivity index (χ4n) is 1.22. The van der Waals surface area contributed by atoms with E-state index in [2.05, 4.69) is 9.47 Å². The molecule has 0 saturated heterocycles. The highest BCUT2D eigenvalue weighted by atomic mass is 16.5. The largest absolute Gasteiger partial charge is 0.466 e. The van der Waals surface area contributed by atoms with Crippen molar-refractivity contribution in [2.24, 2.45) is 11.8 Å². The van der Waals surface area contributed by atoms with Crippen LogP contribution in [0.15, 0.2) is 24.3 Å². The van der Waals surface area contributed by atoms with E-state index >= 15 is 0 Å². The zero-order valence-corrected chi connectivity index (χ0v) is 8.80. The van der Waals surface area contributed by atoms with Crippen molar-refractivity contribution in [2.75, 3.05) is 14.2 Å². The van der Waals surface area contributed by atoms with Crippen molar-refractivity contribution in [1.82, 2.24) is 0 Å². The summed E-state index contributed by atoms with van der Waals surface area (Å²) in [6.45, 7) is 0. The molecule has 2 atom stereocenters. The van der Waals surface area contributed by atoms with Crippen LogP contribution < -0.4 is 0 Å². The quantitative estimate of drug-likeness (QED) is 0.514. The van der Waals surface area contributed by atoms with Crippen LogP contribution in [-0.2, 0) is 19.1 Å². The first-order valence-corrected chi connectivity index (χ1v) is 4.69. The van der Waals surface area contributed by atoms with Gasteiger partial charge in [-0.25, -0.2) is 9.59 Å². The van der Waals surface area contributed by atoms with Crippen LogP contribution in [0.3, 0.4) is 0 Å². The third-order valence-electron chi connectivity index (χ3n) is 2.25. The van der Waals surface area contributed by atoms with Gasteiger partial charge in [-0.2, -0.15) is 0 Å². The Morgan fingerprint density at radius 1 is 1.00 bits per heavy atom. The number of hydrogen-bond acceptors (Lipinski definition) is 4. The van der Waals surface area contributed by atoms with E-state index in [0.717, 1.165) is 6.42 Å². The molecule has 0 aromatic rings. The summed E-state index contributed by atoms with van der Waals surface area (Å²) in [4.78, 5) is 21.5. The minimum Gasteiger partial charge on any atom is -0.466 e. The van der Waals surface area contributed by atoms with Crippen molar-refractivity contribution < 1.29 is 19.1 Å². The Hall–Kier alpha value is -1.58. The number of hydrogen-bond donors (Lipinski definition) is 0. The number of allylic oxidation sites excluding steroid dienone is 2. The number of ether oxygens (including phenoxy) is 2. The van der Waals surface area contributed by atoms with Gasteiger partial charge in [-0.15, -0.1) is 0 Å². The Morgan fingerprint density at radius 2 is 1.40 bits per heavy atom. The maximum Gasteiger partial charge on any atom is 0.330 e. The predicted octanol–water partition coefficient (Wildman–Crippen LogP) is 1.08. The topological polar surface area (TPSA) is 52.6 Å². The highest BCUT2D eigenvalue weighted by Crippen LogP contribution is 2.40. The Labute approximate surface area is 88.6 Å². The molecule has 82 valence electrons. The van der Waals surface area contributed by atoms with Crippen molar-refractivity contribution >= 4 is 11.9 Å². The molecule has 1 fully saturated rings. The molecule has 1 saturated carbocycles.